The summed E-state index contributed by atoms with van der Waals surface area (Å²) in [4.78, 5) is 0. The fourth-order valence-electron chi connectivity index (χ4n) is 2.48. The zero-order valence-electron chi connectivity index (χ0n) is 14.8. The van der Waals surface area contributed by atoms with Crippen LogP contribution in [0.2, 0.25) is 10.0 Å². The van der Waals surface area contributed by atoms with Crippen molar-refractivity contribution in [3.05, 3.63) is 57.6 Å². The minimum absolute atomic E-state index is 0.405. The van der Waals surface area contributed by atoms with Gasteiger partial charge in [-0.2, -0.15) is 0 Å². The SMILES string of the molecule is CCCCCNCc1cc(Cl)c(OCc2ccc(Cl)cc2)c(OC)c1. The number of rotatable bonds is 10. The molecule has 0 saturated carbocycles. The highest BCUT2D eigenvalue weighted by atomic mass is 35.5. The number of benzene rings is 2. The smallest absolute Gasteiger partial charge is 0.180 e. The standard InChI is InChI=1S/C20H25Cl2NO2/c1-3-4-5-10-23-13-16-11-18(22)20(19(12-16)24-2)25-14-15-6-8-17(21)9-7-15/h6-9,11-12,23H,3-5,10,13-14H2,1-2H3. The van der Waals surface area contributed by atoms with Crippen LogP contribution in [0.4, 0.5) is 0 Å². The van der Waals surface area contributed by atoms with Gasteiger partial charge in [0.15, 0.2) is 11.5 Å². The maximum atomic E-state index is 6.41. The molecule has 0 fully saturated rings. The average Bonchev–Trinajstić information content (AvgIpc) is 2.61. The van der Waals surface area contributed by atoms with E-state index in [4.69, 9.17) is 32.7 Å². The summed E-state index contributed by atoms with van der Waals surface area (Å²) in [6.07, 6.45) is 3.65. The Balaban J connectivity index is 1.99. The Hall–Kier alpha value is -1.42. The van der Waals surface area contributed by atoms with Crippen molar-refractivity contribution in [2.75, 3.05) is 13.7 Å². The molecule has 0 heterocycles. The van der Waals surface area contributed by atoms with Gasteiger partial charge >= 0.3 is 0 Å². The van der Waals surface area contributed by atoms with E-state index in [1.165, 1.54) is 19.3 Å². The van der Waals surface area contributed by atoms with Crippen LogP contribution in [0.25, 0.3) is 0 Å². The molecule has 2 rings (SSSR count). The fraction of sp³-hybridized carbons (Fsp3) is 0.400. The summed E-state index contributed by atoms with van der Waals surface area (Å²) >= 11 is 12.3. The summed E-state index contributed by atoms with van der Waals surface area (Å²) in [6.45, 7) is 4.37. The molecule has 136 valence electrons. The van der Waals surface area contributed by atoms with E-state index in [1.54, 1.807) is 7.11 Å². The molecular formula is C20H25Cl2NO2. The molecular weight excluding hydrogens is 357 g/mol. The first-order valence-electron chi connectivity index (χ1n) is 8.58. The molecule has 0 aliphatic rings. The van der Waals surface area contributed by atoms with Crippen molar-refractivity contribution in [1.29, 1.82) is 0 Å². The van der Waals surface area contributed by atoms with E-state index in [-0.39, 0.29) is 0 Å². The van der Waals surface area contributed by atoms with E-state index in [2.05, 4.69) is 12.2 Å². The van der Waals surface area contributed by atoms with Crippen LogP contribution in [-0.2, 0) is 13.2 Å². The van der Waals surface area contributed by atoms with E-state index in [0.29, 0.717) is 28.2 Å². The number of ether oxygens (including phenoxy) is 2. The molecule has 0 atom stereocenters. The van der Waals surface area contributed by atoms with Gasteiger partial charge in [-0.25, -0.2) is 0 Å². The van der Waals surface area contributed by atoms with E-state index < -0.39 is 0 Å². The molecule has 5 heteroatoms. The van der Waals surface area contributed by atoms with Gasteiger partial charge in [0.2, 0.25) is 0 Å². The topological polar surface area (TPSA) is 30.5 Å². The molecule has 2 aromatic carbocycles. The molecule has 25 heavy (non-hydrogen) atoms. The third kappa shape index (κ3) is 6.43. The Morgan fingerprint density at radius 3 is 2.44 bits per heavy atom. The van der Waals surface area contributed by atoms with Crippen LogP contribution in [0.1, 0.15) is 37.3 Å². The van der Waals surface area contributed by atoms with Crippen LogP contribution in [0.5, 0.6) is 11.5 Å². The summed E-state index contributed by atoms with van der Waals surface area (Å²) in [7, 11) is 1.62. The van der Waals surface area contributed by atoms with Gasteiger partial charge in [-0.15, -0.1) is 0 Å². The second kappa shape index (κ2) is 10.5. The van der Waals surface area contributed by atoms with E-state index >= 15 is 0 Å². The van der Waals surface area contributed by atoms with Gasteiger partial charge in [0.1, 0.15) is 6.61 Å². The van der Waals surface area contributed by atoms with Crippen LogP contribution in [0, 0.1) is 0 Å². The van der Waals surface area contributed by atoms with E-state index in [0.717, 1.165) is 24.2 Å². The Bertz CT molecular complexity index is 659. The van der Waals surface area contributed by atoms with Crippen molar-refractivity contribution in [3.63, 3.8) is 0 Å². The lowest BCUT2D eigenvalue weighted by atomic mass is 10.2. The average molecular weight is 382 g/mol. The molecule has 0 radical (unpaired) electrons. The lowest BCUT2D eigenvalue weighted by Gasteiger charge is -2.15. The Kier molecular flexibility index (Phi) is 8.39. The second-order valence-corrected chi connectivity index (χ2v) is 6.75. The lowest BCUT2D eigenvalue weighted by molar-refractivity contribution is 0.284. The number of nitrogens with one attached hydrogen (secondary N) is 1. The third-order valence-electron chi connectivity index (χ3n) is 3.87. The van der Waals surface area contributed by atoms with Gasteiger partial charge in [0.05, 0.1) is 12.1 Å². The minimum Gasteiger partial charge on any atom is -0.493 e. The highest BCUT2D eigenvalue weighted by Crippen LogP contribution is 2.37. The van der Waals surface area contributed by atoms with E-state index in [1.807, 2.05) is 36.4 Å². The zero-order valence-corrected chi connectivity index (χ0v) is 16.3. The highest BCUT2D eigenvalue weighted by Gasteiger charge is 2.12. The molecule has 0 bridgehead atoms. The third-order valence-corrected chi connectivity index (χ3v) is 4.40. The van der Waals surface area contributed by atoms with Crippen molar-refractivity contribution in [2.45, 2.75) is 39.3 Å². The number of unbranched alkanes of at least 4 members (excludes halogenated alkanes) is 2. The summed E-state index contributed by atoms with van der Waals surface area (Å²) in [5, 5.41) is 4.69. The summed E-state index contributed by atoms with van der Waals surface area (Å²) in [5.41, 5.74) is 2.10. The Morgan fingerprint density at radius 2 is 1.76 bits per heavy atom. The van der Waals surface area contributed by atoms with Crippen molar-refractivity contribution in [2.24, 2.45) is 0 Å². The maximum Gasteiger partial charge on any atom is 0.180 e. The van der Waals surface area contributed by atoms with Gasteiger partial charge < -0.3 is 14.8 Å². The van der Waals surface area contributed by atoms with Crippen molar-refractivity contribution < 1.29 is 9.47 Å². The number of hydrogen-bond acceptors (Lipinski definition) is 3. The first-order chi connectivity index (χ1) is 12.1. The number of halogens is 2. The monoisotopic (exact) mass is 381 g/mol. The van der Waals surface area contributed by atoms with Gasteiger partial charge in [-0.3, -0.25) is 0 Å². The summed E-state index contributed by atoms with van der Waals surface area (Å²) in [5.74, 6) is 1.21. The summed E-state index contributed by atoms with van der Waals surface area (Å²) < 4.78 is 11.3. The zero-order chi connectivity index (χ0) is 18.1. The van der Waals surface area contributed by atoms with Crippen LogP contribution < -0.4 is 14.8 Å². The maximum absolute atomic E-state index is 6.41. The van der Waals surface area contributed by atoms with Gasteiger partial charge in [0, 0.05) is 11.6 Å². The lowest BCUT2D eigenvalue weighted by Crippen LogP contribution is -2.14. The quantitative estimate of drug-likeness (QED) is 0.522. The van der Waals surface area contributed by atoms with Crippen LogP contribution >= 0.6 is 23.2 Å². The van der Waals surface area contributed by atoms with Gasteiger partial charge in [0.25, 0.3) is 0 Å². The molecule has 0 amide bonds. The van der Waals surface area contributed by atoms with Crippen LogP contribution in [0.15, 0.2) is 36.4 Å². The molecule has 1 N–H and O–H groups in total. The Morgan fingerprint density at radius 1 is 1.00 bits per heavy atom. The van der Waals surface area contributed by atoms with Gasteiger partial charge in [-0.1, -0.05) is 55.1 Å². The van der Waals surface area contributed by atoms with Crippen molar-refractivity contribution in [1.82, 2.24) is 5.32 Å². The Labute approximate surface area is 160 Å². The number of hydrogen-bond donors (Lipinski definition) is 1. The normalized spacial score (nSPS) is 10.7. The largest absolute Gasteiger partial charge is 0.493 e. The molecule has 3 nitrogen and oxygen atoms in total. The molecule has 0 aliphatic heterocycles. The number of methoxy groups -OCH3 is 1. The molecule has 0 spiro atoms. The first kappa shape index (κ1) is 19.9. The van der Waals surface area contributed by atoms with E-state index in [9.17, 15) is 0 Å². The van der Waals surface area contributed by atoms with Crippen LogP contribution in [-0.4, -0.2) is 13.7 Å². The molecule has 0 unspecified atom stereocenters. The van der Waals surface area contributed by atoms with Crippen molar-refractivity contribution >= 4 is 23.2 Å². The molecule has 0 aromatic heterocycles. The summed E-state index contributed by atoms with van der Waals surface area (Å²) in [6, 6.07) is 11.4. The minimum atomic E-state index is 0.405. The predicted octanol–water partition coefficient (Wildman–Crippen LogP) is 5.86. The molecule has 0 aliphatic carbocycles. The molecule has 0 saturated heterocycles. The van der Waals surface area contributed by atoms with Gasteiger partial charge in [-0.05, 0) is 48.4 Å². The van der Waals surface area contributed by atoms with Crippen LogP contribution in [0.3, 0.4) is 0 Å². The molecule has 2 aromatic rings. The fourth-order valence-corrected chi connectivity index (χ4v) is 2.90. The second-order valence-electron chi connectivity index (χ2n) is 5.91. The van der Waals surface area contributed by atoms with Crippen molar-refractivity contribution in [3.8, 4) is 11.5 Å². The predicted molar refractivity (Wildman–Crippen MR) is 105 cm³/mol. The first-order valence-corrected chi connectivity index (χ1v) is 9.34. The highest BCUT2D eigenvalue weighted by molar-refractivity contribution is 6.32.